The third-order valence-electron chi connectivity index (χ3n) is 5.96. The summed E-state index contributed by atoms with van der Waals surface area (Å²) in [6, 6.07) is 10.8. The minimum absolute atomic E-state index is 0.140. The Balaban J connectivity index is 1.61. The number of carbonyl (C=O) groups is 1. The van der Waals surface area contributed by atoms with E-state index in [1.165, 1.54) is 12.3 Å². The van der Waals surface area contributed by atoms with Crippen molar-refractivity contribution < 1.29 is 37.7 Å². The van der Waals surface area contributed by atoms with Crippen LogP contribution in [0.4, 0.5) is 13.2 Å². The highest BCUT2D eigenvalue weighted by Crippen LogP contribution is 2.37. The van der Waals surface area contributed by atoms with Gasteiger partial charge in [0.15, 0.2) is 11.5 Å². The fourth-order valence-electron chi connectivity index (χ4n) is 3.97. The van der Waals surface area contributed by atoms with E-state index in [-0.39, 0.29) is 17.8 Å². The maximum absolute atomic E-state index is 13.8. The molecule has 194 valence electrons. The molecule has 10 heteroatoms. The second-order valence-corrected chi connectivity index (χ2v) is 8.44. The standard InChI is InChI=1S/C27H25F3N2O5/c1-16-18(3-2-4-20(16)19-6-8-24-25(12-19)37-10-9-36-24)5-7-22-21(27(28,29)30)11-17(13-31-22)14-32-23(15-33)26(34)35/h2-8,11-13,23,32-33H,9-10,14-15H2,1H3,(H,34,35)/b7-5+. The summed E-state index contributed by atoms with van der Waals surface area (Å²) in [4.78, 5) is 15.0. The average Bonchev–Trinajstić information content (AvgIpc) is 2.88. The molecule has 1 unspecified atom stereocenters. The van der Waals surface area contributed by atoms with Gasteiger partial charge in [-0.2, -0.15) is 13.2 Å². The van der Waals surface area contributed by atoms with Crippen molar-refractivity contribution in [1.82, 2.24) is 10.3 Å². The number of ether oxygens (including phenoxy) is 2. The number of hydrogen-bond donors (Lipinski definition) is 3. The number of carboxylic acids is 1. The molecule has 4 rings (SSSR count). The number of hydrogen-bond acceptors (Lipinski definition) is 6. The zero-order chi connectivity index (χ0) is 26.6. The summed E-state index contributed by atoms with van der Waals surface area (Å²) in [6.07, 6.45) is -0.535. The maximum Gasteiger partial charge on any atom is 0.418 e. The van der Waals surface area contributed by atoms with Crippen LogP contribution in [-0.2, 0) is 17.5 Å². The van der Waals surface area contributed by atoms with Crippen molar-refractivity contribution in [1.29, 1.82) is 0 Å². The predicted octanol–water partition coefficient (Wildman–Crippen LogP) is 4.55. The number of carboxylic acid groups (broad SMARTS) is 1. The van der Waals surface area contributed by atoms with Gasteiger partial charge < -0.3 is 19.7 Å². The summed E-state index contributed by atoms with van der Waals surface area (Å²) in [5.74, 6) is 0.00853. The maximum atomic E-state index is 13.8. The number of pyridine rings is 1. The van der Waals surface area contributed by atoms with E-state index in [0.29, 0.717) is 24.7 Å². The first kappa shape index (κ1) is 26.2. The third-order valence-corrected chi connectivity index (χ3v) is 5.96. The highest BCUT2D eigenvalue weighted by molar-refractivity contribution is 5.78. The van der Waals surface area contributed by atoms with Crippen LogP contribution in [0.15, 0.2) is 48.7 Å². The quantitative estimate of drug-likeness (QED) is 0.405. The van der Waals surface area contributed by atoms with Gasteiger partial charge in [-0.15, -0.1) is 0 Å². The second-order valence-electron chi connectivity index (χ2n) is 8.44. The van der Waals surface area contributed by atoms with Crippen molar-refractivity contribution in [2.45, 2.75) is 25.7 Å². The summed E-state index contributed by atoms with van der Waals surface area (Å²) in [5.41, 5.74) is 2.32. The first-order valence-electron chi connectivity index (χ1n) is 11.5. The number of fused-ring (bicyclic) bond motifs is 1. The molecule has 0 radical (unpaired) electrons. The molecule has 0 amide bonds. The summed E-state index contributed by atoms with van der Waals surface area (Å²) in [6.45, 7) is 1.94. The molecule has 1 aromatic heterocycles. The number of aliphatic hydroxyl groups is 1. The Bertz CT molecular complexity index is 1320. The molecular formula is C27H25F3N2O5. The largest absolute Gasteiger partial charge is 0.486 e. The van der Waals surface area contributed by atoms with E-state index in [4.69, 9.17) is 19.7 Å². The zero-order valence-corrected chi connectivity index (χ0v) is 19.9. The number of halogens is 3. The van der Waals surface area contributed by atoms with Gasteiger partial charge in [0, 0.05) is 12.7 Å². The van der Waals surface area contributed by atoms with Crippen molar-refractivity contribution in [3.05, 3.63) is 76.6 Å². The van der Waals surface area contributed by atoms with Gasteiger partial charge in [-0.05, 0) is 59.0 Å². The Kier molecular flexibility index (Phi) is 7.80. The molecule has 7 nitrogen and oxygen atoms in total. The van der Waals surface area contributed by atoms with Crippen molar-refractivity contribution in [3.8, 4) is 22.6 Å². The van der Waals surface area contributed by atoms with Crippen LogP contribution in [0.1, 0.15) is 27.9 Å². The molecule has 0 spiro atoms. The van der Waals surface area contributed by atoms with Gasteiger partial charge in [-0.3, -0.25) is 15.1 Å². The lowest BCUT2D eigenvalue weighted by Crippen LogP contribution is -2.39. The molecule has 37 heavy (non-hydrogen) atoms. The zero-order valence-electron chi connectivity index (χ0n) is 19.9. The summed E-state index contributed by atoms with van der Waals surface area (Å²) >= 11 is 0. The molecule has 1 atom stereocenters. The van der Waals surface area contributed by atoms with Crippen LogP contribution in [0.25, 0.3) is 23.3 Å². The Morgan fingerprint density at radius 2 is 1.89 bits per heavy atom. The van der Waals surface area contributed by atoms with Crippen molar-refractivity contribution in [3.63, 3.8) is 0 Å². The van der Waals surface area contributed by atoms with Crippen LogP contribution in [0.2, 0.25) is 0 Å². The van der Waals surface area contributed by atoms with E-state index >= 15 is 0 Å². The molecule has 3 aromatic rings. The van der Waals surface area contributed by atoms with Crippen LogP contribution >= 0.6 is 0 Å². The number of nitrogens with zero attached hydrogens (tertiary/aromatic N) is 1. The SMILES string of the molecule is Cc1c(/C=C/c2ncc(CNC(CO)C(=O)O)cc2C(F)(F)F)cccc1-c1ccc2c(c1)OCCO2. The topological polar surface area (TPSA) is 101 Å². The van der Waals surface area contributed by atoms with Crippen molar-refractivity contribution in [2.24, 2.45) is 0 Å². The number of rotatable bonds is 8. The lowest BCUT2D eigenvalue weighted by Gasteiger charge is -2.19. The normalized spacial score (nSPS) is 14.1. The van der Waals surface area contributed by atoms with Crippen LogP contribution in [-0.4, -0.2) is 47.0 Å². The van der Waals surface area contributed by atoms with Gasteiger partial charge in [-0.25, -0.2) is 0 Å². The average molecular weight is 515 g/mol. The Labute approximate surface area is 211 Å². The van der Waals surface area contributed by atoms with E-state index in [1.54, 1.807) is 12.1 Å². The van der Waals surface area contributed by atoms with Gasteiger partial charge in [-0.1, -0.05) is 30.3 Å². The Hall–Kier alpha value is -3.89. The smallest absolute Gasteiger partial charge is 0.418 e. The van der Waals surface area contributed by atoms with Gasteiger partial charge in [0.1, 0.15) is 19.3 Å². The predicted molar refractivity (Wildman–Crippen MR) is 131 cm³/mol. The number of aliphatic hydroxyl groups excluding tert-OH is 1. The second kappa shape index (κ2) is 11.0. The molecule has 2 aromatic carbocycles. The van der Waals surface area contributed by atoms with Gasteiger partial charge >= 0.3 is 12.1 Å². The molecule has 0 aliphatic carbocycles. The molecule has 1 aliphatic rings. The van der Waals surface area contributed by atoms with Crippen molar-refractivity contribution in [2.75, 3.05) is 19.8 Å². The van der Waals surface area contributed by atoms with Gasteiger partial charge in [0.05, 0.1) is 17.9 Å². The van der Waals surface area contributed by atoms with Crippen LogP contribution in [0.3, 0.4) is 0 Å². The summed E-state index contributed by atoms with van der Waals surface area (Å²) < 4.78 is 52.6. The summed E-state index contributed by atoms with van der Waals surface area (Å²) in [7, 11) is 0. The van der Waals surface area contributed by atoms with Crippen LogP contribution < -0.4 is 14.8 Å². The van der Waals surface area contributed by atoms with E-state index in [9.17, 15) is 18.0 Å². The fraction of sp³-hybridized carbons (Fsp3) is 0.259. The molecule has 0 saturated carbocycles. The molecule has 2 heterocycles. The Morgan fingerprint density at radius 3 is 2.59 bits per heavy atom. The number of aliphatic carboxylic acids is 1. The lowest BCUT2D eigenvalue weighted by atomic mass is 9.95. The molecule has 0 saturated heterocycles. The third kappa shape index (κ3) is 6.10. The minimum Gasteiger partial charge on any atom is -0.486 e. The molecule has 1 aliphatic heterocycles. The molecule has 3 N–H and O–H groups in total. The minimum atomic E-state index is -4.67. The van der Waals surface area contributed by atoms with Gasteiger partial charge in [0.25, 0.3) is 0 Å². The molecule has 0 fully saturated rings. The van der Waals surface area contributed by atoms with E-state index in [0.717, 1.165) is 28.3 Å². The Morgan fingerprint density at radius 1 is 1.14 bits per heavy atom. The van der Waals surface area contributed by atoms with E-state index in [1.807, 2.05) is 37.3 Å². The highest BCUT2D eigenvalue weighted by Gasteiger charge is 2.34. The number of aromatic nitrogens is 1. The lowest BCUT2D eigenvalue weighted by molar-refractivity contribution is -0.141. The van der Waals surface area contributed by atoms with Crippen molar-refractivity contribution >= 4 is 18.1 Å². The van der Waals surface area contributed by atoms with Crippen LogP contribution in [0, 0.1) is 6.92 Å². The molecular weight excluding hydrogens is 489 g/mol. The molecule has 0 bridgehead atoms. The monoisotopic (exact) mass is 514 g/mol. The number of benzene rings is 2. The van der Waals surface area contributed by atoms with E-state index < -0.39 is 30.4 Å². The first-order valence-corrected chi connectivity index (χ1v) is 11.5. The van der Waals surface area contributed by atoms with Gasteiger partial charge in [0.2, 0.25) is 0 Å². The first-order chi connectivity index (χ1) is 17.7. The fourth-order valence-corrected chi connectivity index (χ4v) is 3.97. The summed E-state index contributed by atoms with van der Waals surface area (Å²) in [5, 5.41) is 20.6. The number of nitrogens with one attached hydrogen (secondary N) is 1. The van der Waals surface area contributed by atoms with Crippen LogP contribution in [0.5, 0.6) is 11.5 Å². The van der Waals surface area contributed by atoms with E-state index in [2.05, 4.69) is 10.3 Å². The number of alkyl halides is 3. The highest BCUT2D eigenvalue weighted by atomic mass is 19.4.